The zero-order chi connectivity index (χ0) is 24.5. The maximum absolute atomic E-state index is 12.9. The Labute approximate surface area is 201 Å². The van der Waals surface area contributed by atoms with Gasteiger partial charge in [-0.05, 0) is 42.5 Å². The second kappa shape index (κ2) is 9.55. The van der Waals surface area contributed by atoms with Gasteiger partial charge >= 0.3 is 0 Å². The number of amides is 1. The van der Waals surface area contributed by atoms with Crippen molar-refractivity contribution in [3.63, 3.8) is 0 Å². The monoisotopic (exact) mass is 521 g/mol. The van der Waals surface area contributed by atoms with Gasteiger partial charge in [0.25, 0.3) is 5.91 Å². The third-order valence-electron chi connectivity index (χ3n) is 5.30. The number of fused-ring (bicyclic) bond motifs is 1. The number of ether oxygens (including phenoxy) is 1. The molecule has 1 saturated heterocycles. The van der Waals surface area contributed by atoms with Crippen molar-refractivity contribution in [1.82, 2.24) is 8.87 Å². The lowest BCUT2D eigenvalue weighted by atomic mass is 10.2. The molecule has 0 bridgehead atoms. The Morgan fingerprint density at radius 2 is 1.74 bits per heavy atom. The third kappa shape index (κ3) is 4.91. The SMILES string of the molecule is C=CCn1c(=NC(=O)c2ccc(S(=O)(=O)N3CCOCC3)cc2)sc2cc(S(C)(=O)=O)ccc21. The number of benzene rings is 2. The van der Waals surface area contributed by atoms with E-state index in [9.17, 15) is 21.6 Å². The van der Waals surface area contributed by atoms with Crippen molar-refractivity contribution < 1.29 is 26.4 Å². The number of carbonyl (C=O) groups is 1. The first-order valence-electron chi connectivity index (χ1n) is 10.3. The lowest BCUT2D eigenvalue weighted by Crippen LogP contribution is -2.40. The van der Waals surface area contributed by atoms with Crippen LogP contribution in [0.3, 0.4) is 0 Å². The second-order valence-electron chi connectivity index (χ2n) is 7.64. The van der Waals surface area contributed by atoms with Crippen LogP contribution in [0.1, 0.15) is 10.4 Å². The van der Waals surface area contributed by atoms with E-state index in [1.165, 1.54) is 46.0 Å². The van der Waals surface area contributed by atoms with Crippen LogP contribution in [0.5, 0.6) is 0 Å². The number of hydrogen-bond donors (Lipinski definition) is 0. The van der Waals surface area contributed by atoms with E-state index < -0.39 is 25.8 Å². The van der Waals surface area contributed by atoms with E-state index in [0.29, 0.717) is 29.3 Å². The maximum Gasteiger partial charge on any atom is 0.279 e. The van der Waals surface area contributed by atoms with Crippen LogP contribution in [-0.4, -0.2) is 64.2 Å². The summed E-state index contributed by atoms with van der Waals surface area (Å²) in [6, 6.07) is 10.4. The van der Waals surface area contributed by atoms with Crippen LogP contribution in [0.25, 0.3) is 10.2 Å². The lowest BCUT2D eigenvalue weighted by Gasteiger charge is -2.26. The van der Waals surface area contributed by atoms with Crippen molar-refractivity contribution in [1.29, 1.82) is 0 Å². The van der Waals surface area contributed by atoms with Crippen molar-refractivity contribution >= 4 is 47.3 Å². The van der Waals surface area contributed by atoms with Crippen molar-refractivity contribution in [2.45, 2.75) is 16.3 Å². The highest BCUT2D eigenvalue weighted by atomic mass is 32.2. The first-order valence-corrected chi connectivity index (χ1v) is 14.5. The molecule has 9 nitrogen and oxygen atoms in total. The van der Waals surface area contributed by atoms with Crippen LogP contribution >= 0.6 is 11.3 Å². The molecule has 3 aromatic rings. The molecule has 0 atom stereocenters. The Balaban J connectivity index is 1.68. The fourth-order valence-corrected chi connectivity index (χ4v) is 6.74. The normalized spacial score (nSPS) is 16.1. The lowest BCUT2D eigenvalue weighted by molar-refractivity contribution is 0.0730. The van der Waals surface area contributed by atoms with E-state index in [0.717, 1.165) is 11.8 Å². The average Bonchev–Trinajstić information content (AvgIpc) is 3.15. The van der Waals surface area contributed by atoms with Crippen molar-refractivity contribution in [2.24, 2.45) is 4.99 Å². The number of morpholine rings is 1. The summed E-state index contributed by atoms with van der Waals surface area (Å²) in [5, 5.41) is 0. The molecule has 2 heterocycles. The Morgan fingerprint density at radius 3 is 2.35 bits per heavy atom. The standard InChI is InChI=1S/C22H23N3O6S3/c1-3-10-25-19-9-8-18(33(2,27)28)15-20(19)32-22(25)23-21(26)16-4-6-17(7-5-16)34(29,30)24-11-13-31-14-12-24/h3-9,15H,1,10-14H2,2H3. The summed E-state index contributed by atoms with van der Waals surface area (Å²) < 4.78 is 58.4. The van der Waals surface area contributed by atoms with Gasteiger partial charge in [-0.15, -0.1) is 6.58 Å². The van der Waals surface area contributed by atoms with E-state index in [1.807, 2.05) is 0 Å². The van der Waals surface area contributed by atoms with Gasteiger partial charge in [-0.25, -0.2) is 16.8 Å². The zero-order valence-corrected chi connectivity index (χ0v) is 20.8. The number of sulfone groups is 1. The van der Waals surface area contributed by atoms with Gasteiger partial charge in [-0.3, -0.25) is 4.79 Å². The molecule has 180 valence electrons. The van der Waals surface area contributed by atoms with E-state index >= 15 is 0 Å². The zero-order valence-electron chi connectivity index (χ0n) is 18.4. The number of allylic oxidation sites excluding steroid dienone is 1. The van der Waals surface area contributed by atoms with Crippen molar-refractivity contribution in [2.75, 3.05) is 32.6 Å². The van der Waals surface area contributed by atoms with Crippen LogP contribution in [0.2, 0.25) is 0 Å². The minimum atomic E-state index is -3.66. The van der Waals surface area contributed by atoms with Gasteiger partial charge in [0, 0.05) is 31.5 Å². The van der Waals surface area contributed by atoms with Gasteiger partial charge in [-0.1, -0.05) is 17.4 Å². The molecule has 1 fully saturated rings. The van der Waals surface area contributed by atoms with Gasteiger partial charge in [0.05, 0.1) is 33.2 Å². The maximum atomic E-state index is 12.9. The van der Waals surface area contributed by atoms with Crippen molar-refractivity contribution in [3.8, 4) is 0 Å². The Hall–Kier alpha value is -2.64. The first-order chi connectivity index (χ1) is 16.1. The van der Waals surface area contributed by atoms with Crippen LogP contribution < -0.4 is 4.80 Å². The molecule has 0 aliphatic carbocycles. The highest BCUT2D eigenvalue weighted by molar-refractivity contribution is 7.90. The fourth-order valence-electron chi connectivity index (χ4n) is 3.53. The van der Waals surface area contributed by atoms with Crippen LogP contribution in [0, 0.1) is 0 Å². The molecule has 2 aromatic carbocycles. The molecule has 1 aromatic heterocycles. The molecular weight excluding hydrogens is 498 g/mol. The minimum absolute atomic E-state index is 0.0998. The molecule has 12 heteroatoms. The van der Waals surface area contributed by atoms with E-state index in [1.54, 1.807) is 22.8 Å². The number of rotatable bonds is 6. The van der Waals surface area contributed by atoms with E-state index in [-0.39, 0.29) is 28.4 Å². The quantitative estimate of drug-likeness (QED) is 0.459. The molecule has 0 radical (unpaired) electrons. The Morgan fingerprint density at radius 1 is 1.09 bits per heavy atom. The number of aromatic nitrogens is 1. The summed E-state index contributed by atoms with van der Waals surface area (Å²) in [7, 11) is -7.04. The van der Waals surface area contributed by atoms with Gasteiger partial charge in [0.2, 0.25) is 10.0 Å². The summed E-state index contributed by atoms with van der Waals surface area (Å²) in [6.07, 6.45) is 2.79. The first kappa shape index (κ1) is 24.5. The second-order valence-corrected chi connectivity index (χ2v) is 12.6. The molecule has 0 unspecified atom stereocenters. The van der Waals surface area contributed by atoms with Gasteiger partial charge in [-0.2, -0.15) is 9.30 Å². The molecule has 0 saturated carbocycles. The summed E-state index contributed by atoms with van der Waals surface area (Å²) in [5.41, 5.74) is 0.969. The van der Waals surface area contributed by atoms with Crippen LogP contribution in [0.4, 0.5) is 0 Å². The molecule has 0 N–H and O–H groups in total. The molecule has 1 amide bonds. The fraction of sp³-hybridized carbons (Fsp3) is 0.273. The summed E-state index contributed by atoms with van der Waals surface area (Å²) in [5.74, 6) is -0.539. The summed E-state index contributed by atoms with van der Waals surface area (Å²) in [6.45, 7) is 5.39. The molecule has 1 aliphatic rings. The van der Waals surface area contributed by atoms with Crippen molar-refractivity contribution in [3.05, 3.63) is 65.5 Å². The molecule has 34 heavy (non-hydrogen) atoms. The number of carbonyl (C=O) groups excluding carboxylic acids is 1. The highest BCUT2D eigenvalue weighted by Gasteiger charge is 2.26. The highest BCUT2D eigenvalue weighted by Crippen LogP contribution is 2.22. The van der Waals surface area contributed by atoms with E-state index in [4.69, 9.17) is 4.74 Å². The summed E-state index contributed by atoms with van der Waals surface area (Å²) >= 11 is 1.19. The molecule has 1 aliphatic heterocycles. The molecule has 0 spiro atoms. The van der Waals surface area contributed by atoms with Gasteiger partial charge in [0.15, 0.2) is 14.6 Å². The third-order valence-corrected chi connectivity index (χ3v) is 9.36. The van der Waals surface area contributed by atoms with E-state index in [2.05, 4.69) is 11.6 Å². The number of nitrogens with zero attached hydrogens (tertiary/aromatic N) is 3. The predicted molar refractivity (Wildman–Crippen MR) is 129 cm³/mol. The van der Waals surface area contributed by atoms with Gasteiger partial charge < -0.3 is 9.30 Å². The molecule has 4 rings (SSSR count). The number of thiazole rings is 1. The Bertz CT molecular complexity index is 1530. The van der Waals surface area contributed by atoms with Crippen LogP contribution in [-0.2, 0) is 31.1 Å². The summed E-state index contributed by atoms with van der Waals surface area (Å²) in [4.78, 5) is 17.8. The average molecular weight is 522 g/mol. The minimum Gasteiger partial charge on any atom is -0.379 e. The van der Waals surface area contributed by atoms with Gasteiger partial charge in [0.1, 0.15) is 0 Å². The largest absolute Gasteiger partial charge is 0.379 e. The molecular formula is C22H23N3O6S3. The van der Waals surface area contributed by atoms with Crippen LogP contribution in [0.15, 0.2) is 69.9 Å². The number of sulfonamides is 1. The smallest absolute Gasteiger partial charge is 0.279 e. The topological polar surface area (TPSA) is 115 Å². The Kier molecular flexibility index (Phi) is 6.87. The predicted octanol–water partition coefficient (Wildman–Crippen LogP) is 2.05. The number of hydrogen-bond acceptors (Lipinski definition) is 7.